The maximum atomic E-state index is 11.7. The number of hydrogen-bond acceptors (Lipinski definition) is 3. The molecule has 1 aliphatic rings. The van der Waals surface area contributed by atoms with Gasteiger partial charge in [0, 0.05) is 20.1 Å². The first-order valence-electron chi connectivity index (χ1n) is 5.71. The van der Waals surface area contributed by atoms with Crippen molar-refractivity contribution in [3.8, 4) is 0 Å². The Balaban J connectivity index is 2.42. The van der Waals surface area contributed by atoms with Crippen LogP contribution in [0.2, 0.25) is 0 Å². The predicted octanol–water partition coefficient (Wildman–Crippen LogP) is 0.521. The molecule has 2 atom stereocenters. The fourth-order valence-electron chi connectivity index (χ4n) is 2.14. The topological polar surface area (TPSA) is 60.8 Å². The van der Waals surface area contributed by atoms with Gasteiger partial charge in [0.25, 0.3) is 0 Å². The van der Waals surface area contributed by atoms with Crippen molar-refractivity contribution < 1.29 is 15.0 Å². The summed E-state index contributed by atoms with van der Waals surface area (Å²) < 4.78 is 0. The van der Waals surface area contributed by atoms with E-state index in [0.717, 1.165) is 25.7 Å². The lowest BCUT2D eigenvalue weighted by Gasteiger charge is -2.35. The zero-order valence-electron chi connectivity index (χ0n) is 9.35. The van der Waals surface area contributed by atoms with Crippen molar-refractivity contribution in [3.63, 3.8) is 0 Å². The van der Waals surface area contributed by atoms with Crippen LogP contribution in [0.25, 0.3) is 0 Å². The second-order valence-electron chi connectivity index (χ2n) is 4.25. The summed E-state index contributed by atoms with van der Waals surface area (Å²) in [6.07, 6.45) is 4.32. The number of amides is 1. The average molecular weight is 215 g/mol. The molecule has 2 unspecified atom stereocenters. The van der Waals surface area contributed by atoms with Gasteiger partial charge in [0.05, 0.1) is 12.1 Å². The Labute approximate surface area is 90.9 Å². The summed E-state index contributed by atoms with van der Waals surface area (Å²) in [5.74, 6) is 0.0231. The SMILES string of the molecule is CN(C(=O)CCCO)C1CCCCC1O. The van der Waals surface area contributed by atoms with Gasteiger partial charge in [-0.15, -0.1) is 0 Å². The number of nitrogens with zero attached hydrogens (tertiary/aromatic N) is 1. The van der Waals surface area contributed by atoms with Crippen LogP contribution in [0, 0.1) is 0 Å². The van der Waals surface area contributed by atoms with Gasteiger partial charge >= 0.3 is 0 Å². The molecular formula is C11H21NO3. The van der Waals surface area contributed by atoms with Crippen LogP contribution in [-0.4, -0.2) is 46.8 Å². The summed E-state index contributed by atoms with van der Waals surface area (Å²) in [5.41, 5.74) is 0. The summed E-state index contributed by atoms with van der Waals surface area (Å²) in [4.78, 5) is 13.3. The van der Waals surface area contributed by atoms with Crippen LogP contribution in [0.4, 0.5) is 0 Å². The molecule has 0 aromatic rings. The molecule has 1 amide bonds. The van der Waals surface area contributed by atoms with E-state index in [-0.39, 0.29) is 24.7 Å². The van der Waals surface area contributed by atoms with Crippen LogP contribution in [0.5, 0.6) is 0 Å². The van der Waals surface area contributed by atoms with Crippen LogP contribution in [0.15, 0.2) is 0 Å². The lowest BCUT2D eigenvalue weighted by Crippen LogP contribution is -2.46. The van der Waals surface area contributed by atoms with Crippen molar-refractivity contribution in [2.75, 3.05) is 13.7 Å². The quantitative estimate of drug-likeness (QED) is 0.718. The molecule has 4 nitrogen and oxygen atoms in total. The van der Waals surface area contributed by atoms with E-state index in [4.69, 9.17) is 5.11 Å². The number of carbonyl (C=O) groups excluding carboxylic acids is 1. The number of carbonyl (C=O) groups is 1. The Kier molecular flexibility index (Phi) is 5.05. The summed E-state index contributed by atoms with van der Waals surface area (Å²) >= 11 is 0. The normalized spacial score (nSPS) is 26.3. The van der Waals surface area contributed by atoms with Gasteiger partial charge in [-0.25, -0.2) is 0 Å². The molecular weight excluding hydrogens is 194 g/mol. The molecule has 0 spiro atoms. The van der Waals surface area contributed by atoms with Crippen molar-refractivity contribution in [1.82, 2.24) is 4.90 Å². The van der Waals surface area contributed by atoms with Crippen LogP contribution >= 0.6 is 0 Å². The Morgan fingerprint density at radius 1 is 1.40 bits per heavy atom. The first-order valence-corrected chi connectivity index (χ1v) is 5.71. The molecule has 0 radical (unpaired) electrons. The van der Waals surface area contributed by atoms with E-state index in [1.54, 1.807) is 11.9 Å². The third-order valence-electron chi connectivity index (χ3n) is 3.13. The van der Waals surface area contributed by atoms with E-state index in [1.165, 1.54) is 0 Å². The molecule has 15 heavy (non-hydrogen) atoms. The molecule has 1 saturated carbocycles. The minimum atomic E-state index is -0.373. The minimum absolute atomic E-state index is 0.0231. The van der Waals surface area contributed by atoms with Crippen molar-refractivity contribution >= 4 is 5.91 Å². The smallest absolute Gasteiger partial charge is 0.222 e. The van der Waals surface area contributed by atoms with Crippen LogP contribution in [0.1, 0.15) is 38.5 Å². The molecule has 1 fully saturated rings. The number of aliphatic hydroxyl groups is 2. The first-order chi connectivity index (χ1) is 7.16. The third kappa shape index (κ3) is 3.47. The van der Waals surface area contributed by atoms with E-state index >= 15 is 0 Å². The second-order valence-corrected chi connectivity index (χ2v) is 4.25. The Morgan fingerprint density at radius 2 is 2.07 bits per heavy atom. The Bertz CT molecular complexity index is 208. The first kappa shape index (κ1) is 12.5. The summed E-state index contributed by atoms with van der Waals surface area (Å²) in [5, 5.41) is 18.4. The molecule has 2 N–H and O–H groups in total. The van der Waals surface area contributed by atoms with Gasteiger partial charge in [-0.3, -0.25) is 4.79 Å². The van der Waals surface area contributed by atoms with Crippen molar-refractivity contribution in [2.45, 2.75) is 50.7 Å². The van der Waals surface area contributed by atoms with E-state index < -0.39 is 0 Å². The molecule has 0 heterocycles. The van der Waals surface area contributed by atoms with E-state index in [0.29, 0.717) is 12.8 Å². The van der Waals surface area contributed by atoms with E-state index in [9.17, 15) is 9.90 Å². The summed E-state index contributed by atoms with van der Waals surface area (Å²) in [7, 11) is 1.75. The maximum absolute atomic E-state index is 11.7. The largest absolute Gasteiger partial charge is 0.396 e. The molecule has 0 aromatic heterocycles. The molecule has 4 heteroatoms. The molecule has 0 aromatic carbocycles. The number of likely N-dealkylation sites (N-methyl/N-ethyl adjacent to an activating group) is 1. The fraction of sp³-hybridized carbons (Fsp3) is 0.909. The molecule has 0 saturated heterocycles. The average Bonchev–Trinajstić information content (AvgIpc) is 2.25. The standard InChI is InChI=1S/C11H21NO3/c1-12(11(15)7-4-8-13)9-5-2-3-6-10(9)14/h9-10,13-14H,2-8H2,1H3. The lowest BCUT2D eigenvalue weighted by molar-refractivity contribution is -0.135. The number of hydrogen-bond donors (Lipinski definition) is 2. The van der Waals surface area contributed by atoms with Crippen molar-refractivity contribution in [2.24, 2.45) is 0 Å². The van der Waals surface area contributed by atoms with Gasteiger partial charge in [0.1, 0.15) is 0 Å². The van der Waals surface area contributed by atoms with Gasteiger partial charge in [0.15, 0.2) is 0 Å². The van der Waals surface area contributed by atoms with Crippen LogP contribution < -0.4 is 0 Å². The monoisotopic (exact) mass is 215 g/mol. The highest BCUT2D eigenvalue weighted by Crippen LogP contribution is 2.22. The molecule has 1 aliphatic carbocycles. The highest BCUT2D eigenvalue weighted by Gasteiger charge is 2.28. The zero-order valence-corrected chi connectivity index (χ0v) is 9.35. The van der Waals surface area contributed by atoms with Crippen LogP contribution in [-0.2, 0) is 4.79 Å². The predicted molar refractivity (Wildman–Crippen MR) is 57.4 cm³/mol. The Hall–Kier alpha value is -0.610. The zero-order chi connectivity index (χ0) is 11.3. The van der Waals surface area contributed by atoms with Crippen LogP contribution in [0.3, 0.4) is 0 Å². The molecule has 88 valence electrons. The number of rotatable bonds is 4. The van der Waals surface area contributed by atoms with E-state index in [2.05, 4.69) is 0 Å². The van der Waals surface area contributed by atoms with Gasteiger partial charge in [-0.1, -0.05) is 12.8 Å². The third-order valence-corrected chi connectivity index (χ3v) is 3.13. The van der Waals surface area contributed by atoms with Gasteiger partial charge in [-0.05, 0) is 19.3 Å². The lowest BCUT2D eigenvalue weighted by atomic mass is 9.91. The van der Waals surface area contributed by atoms with Gasteiger partial charge in [0.2, 0.25) is 5.91 Å². The molecule has 0 aliphatic heterocycles. The summed E-state index contributed by atoms with van der Waals surface area (Å²) in [6, 6.07) is -0.0232. The fourth-order valence-corrected chi connectivity index (χ4v) is 2.14. The van der Waals surface area contributed by atoms with Gasteiger partial charge < -0.3 is 15.1 Å². The van der Waals surface area contributed by atoms with Crippen molar-refractivity contribution in [1.29, 1.82) is 0 Å². The molecule has 1 rings (SSSR count). The van der Waals surface area contributed by atoms with Crippen molar-refractivity contribution in [3.05, 3.63) is 0 Å². The van der Waals surface area contributed by atoms with Gasteiger partial charge in [-0.2, -0.15) is 0 Å². The second kappa shape index (κ2) is 6.08. The highest BCUT2D eigenvalue weighted by molar-refractivity contribution is 5.76. The Morgan fingerprint density at radius 3 is 2.67 bits per heavy atom. The minimum Gasteiger partial charge on any atom is -0.396 e. The molecule has 0 bridgehead atoms. The summed E-state index contributed by atoms with van der Waals surface area (Å²) in [6.45, 7) is 0.0484. The maximum Gasteiger partial charge on any atom is 0.222 e. The van der Waals surface area contributed by atoms with E-state index in [1.807, 2.05) is 0 Å². The highest BCUT2D eigenvalue weighted by atomic mass is 16.3. The number of aliphatic hydroxyl groups excluding tert-OH is 2.